The van der Waals surface area contributed by atoms with Crippen LogP contribution >= 0.6 is 0 Å². The molecule has 1 N–H and O–H groups in total. The molecule has 4 aliphatic rings. The van der Waals surface area contributed by atoms with Gasteiger partial charge in [-0.2, -0.15) is 0 Å². The van der Waals surface area contributed by atoms with Crippen molar-refractivity contribution in [3.8, 4) is 0 Å². The predicted molar refractivity (Wildman–Crippen MR) is 115 cm³/mol. The van der Waals surface area contributed by atoms with Gasteiger partial charge < -0.3 is 14.7 Å². The third-order valence-electron chi connectivity index (χ3n) is 9.22. The summed E-state index contributed by atoms with van der Waals surface area (Å²) >= 11 is 0. The van der Waals surface area contributed by atoms with Crippen molar-refractivity contribution in [2.24, 2.45) is 34.0 Å². The fourth-order valence-electron chi connectivity index (χ4n) is 8.05. The van der Waals surface area contributed by atoms with E-state index in [1.807, 2.05) is 11.1 Å². The molecule has 5 nitrogen and oxygen atoms in total. The highest BCUT2D eigenvalue weighted by Gasteiger charge is 2.62. The standard InChI is InChI=1S/C25H37NO4/c1-17(27)30-16-23(2)10-5-11-25(4)20(23)8-12-24(3)19-9-13-26(15-22(28)29)14-18(19)6-7-21(24)25/h9,13-14,19-21H,5-8,10-12,15-16H2,1-4H3,(H,28,29). The third-order valence-corrected chi connectivity index (χ3v) is 9.22. The van der Waals surface area contributed by atoms with Gasteiger partial charge in [-0.05, 0) is 66.8 Å². The number of carboxylic acids is 1. The second-order valence-electron chi connectivity index (χ2n) is 11.1. The van der Waals surface area contributed by atoms with E-state index in [2.05, 4.69) is 33.0 Å². The van der Waals surface area contributed by atoms with E-state index in [1.165, 1.54) is 44.6 Å². The van der Waals surface area contributed by atoms with Crippen molar-refractivity contribution in [2.75, 3.05) is 13.2 Å². The van der Waals surface area contributed by atoms with Gasteiger partial charge in [-0.1, -0.05) is 33.3 Å². The van der Waals surface area contributed by atoms with Gasteiger partial charge in [0.25, 0.3) is 0 Å². The summed E-state index contributed by atoms with van der Waals surface area (Å²) in [5, 5.41) is 9.15. The van der Waals surface area contributed by atoms with Crippen LogP contribution in [0.25, 0.3) is 0 Å². The summed E-state index contributed by atoms with van der Waals surface area (Å²) in [7, 11) is 0. The topological polar surface area (TPSA) is 66.8 Å². The molecule has 0 amide bonds. The van der Waals surface area contributed by atoms with E-state index < -0.39 is 5.97 Å². The van der Waals surface area contributed by atoms with Gasteiger partial charge in [-0.3, -0.25) is 9.59 Å². The number of fused-ring (bicyclic) bond motifs is 5. The number of hydrogen-bond donors (Lipinski definition) is 1. The van der Waals surface area contributed by atoms with Crippen LogP contribution in [-0.2, 0) is 14.3 Å². The fraction of sp³-hybridized carbons (Fsp3) is 0.760. The number of esters is 1. The first kappa shape index (κ1) is 21.5. The molecule has 6 atom stereocenters. The van der Waals surface area contributed by atoms with E-state index in [4.69, 9.17) is 9.84 Å². The van der Waals surface area contributed by atoms with Crippen LogP contribution in [-0.4, -0.2) is 35.1 Å². The minimum atomic E-state index is -0.794. The number of aliphatic carboxylic acids is 1. The first-order chi connectivity index (χ1) is 14.1. The number of rotatable bonds is 4. The molecule has 4 rings (SSSR count). The van der Waals surface area contributed by atoms with E-state index in [9.17, 15) is 9.59 Å². The predicted octanol–water partition coefficient (Wildman–Crippen LogP) is 4.99. The average molecular weight is 416 g/mol. The molecule has 0 saturated heterocycles. The molecule has 1 aliphatic heterocycles. The molecule has 0 bridgehead atoms. The highest BCUT2D eigenvalue weighted by molar-refractivity contribution is 5.69. The Labute approximate surface area is 180 Å². The molecule has 0 aromatic heterocycles. The molecule has 3 aliphatic carbocycles. The number of allylic oxidation sites excluding steroid dienone is 2. The quantitative estimate of drug-likeness (QED) is 0.656. The SMILES string of the molecule is CC(=O)OCC1(C)CCCC2(C)C1CCC1(C)C3C=CN(CC(=O)O)C=C3CCC12. The lowest BCUT2D eigenvalue weighted by Crippen LogP contribution is -2.59. The lowest BCUT2D eigenvalue weighted by molar-refractivity contribution is -0.174. The van der Waals surface area contributed by atoms with Gasteiger partial charge >= 0.3 is 11.9 Å². The summed E-state index contributed by atoms with van der Waals surface area (Å²) in [5.41, 5.74) is 1.94. The maximum atomic E-state index is 11.5. The molecular formula is C25H37NO4. The van der Waals surface area contributed by atoms with Gasteiger partial charge in [0.15, 0.2) is 0 Å². The summed E-state index contributed by atoms with van der Waals surface area (Å²) in [6.45, 7) is 9.43. The van der Waals surface area contributed by atoms with Gasteiger partial charge in [-0.15, -0.1) is 0 Å². The van der Waals surface area contributed by atoms with Crippen molar-refractivity contribution < 1.29 is 19.4 Å². The number of hydrogen-bond acceptors (Lipinski definition) is 4. The first-order valence-electron chi connectivity index (χ1n) is 11.6. The highest BCUT2D eigenvalue weighted by Crippen LogP contribution is 2.69. The van der Waals surface area contributed by atoms with Crippen LogP contribution in [0.2, 0.25) is 0 Å². The molecule has 30 heavy (non-hydrogen) atoms. The first-order valence-corrected chi connectivity index (χ1v) is 11.6. The summed E-state index contributed by atoms with van der Waals surface area (Å²) in [5.74, 6) is 0.657. The second-order valence-corrected chi connectivity index (χ2v) is 11.1. The molecule has 0 aromatic carbocycles. The van der Waals surface area contributed by atoms with E-state index >= 15 is 0 Å². The van der Waals surface area contributed by atoms with E-state index in [-0.39, 0.29) is 28.8 Å². The fourth-order valence-corrected chi connectivity index (χ4v) is 8.05. The van der Waals surface area contributed by atoms with Gasteiger partial charge in [0.1, 0.15) is 6.54 Å². The Morgan fingerprint density at radius 1 is 1.13 bits per heavy atom. The second kappa shape index (κ2) is 7.42. The molecule has 5 heteroatoms. The van der Waals surface area contributed by atoms with Gasteiger partial charge in [0.2, 0.25) is 0 Å². The average Bonchev–Trinajstić information content (AvgIpc) is 2.65. The van der Waals surface area contributed by atoms with Crippen LogP contribution in [0.1, 0.15) is 72.6 Å². The largest absolute Gasteiger partial charge is 0.480 e. The smallest absolute Gasteiger partial charge is 0.323 e. The Bertz CT molecular complexity index is 788. The Hall–Kier alpha value is -1.78. The van der Waals surface area contributed by atoms with Crippen LogP contribution in [0, 0.1) is 34.0 Å². The zero-order valence-electron chi connectivity index (χ0n) is 18.9. The van der Waals surface area contributed by atoms with Crippen molar-refractivity contribution in [3.05, 3.63) is 24.0 Å². The zero-order chi connectivity index (χ0) is 21.7. The summed E-state index contributed by atoms with van der Waals surface area (Å²) in [6.07, 6.45) is 14.5. The van der Waals surface area contributed by atoms with Crippen molar-refractivity contribution >= 4 is 11.9 Å². The maximum absolute atomic E-state index is 11.5. The molecular weight excluding hydrogens is 378 g/mol. The van der Waals surface area contributed by atoms with Crippen molar-refractivity contribution in [1.82, 2.24) is 4.90 Å². The van der Waals surface area contributed by atoms with Gasteiger partial charge in [0, 0.05) is 30.7 Å². The Morgan fingerprint density at radius 3 is 2.60 bits per heavy atom. The Kier molecular flexibility index (Phi) is 5.31. The maximum Gasteiger partial charge on any atom is 0.323 e. The molecule has 3 saturated carbocycles. The Balaban J connectivity index is 1.60. The van der Waals surface area contributed by atoms with E-state index in [0.29, 0.717) is 24.4 Å². The summed E-state index contributed by atoms with van der Waals surface area (Å²) in [6, 6.07) is 0. The van der Waals surface area contributed by atoms with Gasteiger partial charge in [0.05, 0.1) is 6.61 Å². The van der Waals surface area contributed by atoms with Crippen molar-refractivity contribution in [3.63, 3.8) is 0 Å². The van der Waals surface area contributed by atoms with E-state index in [1.54, 1.807) is 0 Å². The molecule has 6 unspecified atom stereocenters. The number of carbonyl (C=O) groups is 2. The molecule has 3 fully saturated rings. The van der Waals surface area contributed by atoms with Crippen LogP contribution in [0.3, 0.4) is 0 Å². The van der Waals surface area contributed by atoms with Crippen LogP contribution in [0.5, 0.6) is 0 Å². The monoisotopic (exact) mass is 415 g/mol. The van der Waals surface area contributed by atoms with Crippen molar-refractivity contribution in [2.45, 2.75) is 72.6 Å². The van der Waals surface area contributed by atoms with Crippen LogP contribution in [0.15, 0.2) is 24.0 Å². The Morgan fingerprint density at radius 2 is 1.90 bits per heavy atom. The highest BCUT2D eigenvalue weighted by atomic mass is 16.5. The zero-order valence-corrected chi connectivity index (χ0v) is 18.9. The minimum Gasteiger partial charge on any atom is -0.480 e. The number of carboxylic acid groups (broad SMARTS) is 1. The van der Waals surface area contributed by atoms with E-state index in [0.717, 1.165) is 12.8 Å². The van der Waals surface area contributed by atoms with Gasteiger partial charge in [-0.25, -0.2) is 0 Å². The number of ether oxygens (including phenoxy) is 1. The normalized spacial score (nSPS) is 42.5. The molecule has 1 heterocycles. The summed E-state index contributed by atoms with van der Waals surface area (Å²) < 4.78 is 5.56. The number of carbonyl (C=O) groups excluding carboxylic acids is 1. The number of nitrogens with zero attached hydrogens (tertiary/aromatic N) is 1. The minimum absolute atomic E-state index is 0.0289. The lowest BCUT2D eigenvalue weighted by Gasteiger charge is -2.66. The third kappa shape index (κ3) is 3.38. The summed E-state index contributed by atoms with van der Waals surface area (Å²) in [4.78, 5) is 24.5. The van der Waals surface area contributed by atoms with Crippen LogP contribution in [0.4, 0.5) is 0 Å². The molecule has 0 aromatic rings. The van der Waals surface area contributed by atoms with Crippen LogP contribution < -0.4 is 0 Å². The molecule has 166 valence electrons. The van der Waals surface area contributed by atoms with Crippen molar-refractivity contribution in [1.29, 1.82) is 0 Å². The lowest BCUT2D eigenvalue weighted by atomic mass is 9.39. The molecule has 0 radical (unpaired) electrons. The molecule has 0 spiro atoms.